The van der Waals surface area contributed by atoms with Gasteiger partial charge >= 0.3 is 0 Å². The summed E-state index contributed by atoms with van der Waals surface area (Å²) in [6.45, 7) is 7.92. The average molecular weight is 367 g/mol. The smallest absolute Gasteiger partial charge is 0.262 e. The maximum absolute atomic E-state index is 13.0. The zero-order valence-electron chi connectivity index (χ0n) is 15.7. The molecule has 4 rings (SSSR count). The van der Waals surface area contributed by atoms with E-state index < -0.39 is 6.04 Å². The Labute approximate surface area is 159 Å². The van der Waals surface area contributed by atoms with Gasteiger partial charge in [-0.25, -0.2) is 0 Å². The minimum atomic E-state index is -0.758. The van der Waals surface area contributed by atoms with Crippen LogP contribution in [-0.2, 0) is 4.79 Å². The third-order valence-corrected chi connectivity index (χ3v) is 6.09. The van der Waals surface area contributed by atoms with E-state index in [2.05, 4.69) is 23.7 Å². The fourth-order valence-corrected chi connectivity index (χ4v) is 4.34. The topological polar surface area (TPSA) is 69.7 Å². The molecular formula is C21H25N3O3. The Morgan fingerprint density at radius 3 is 2.44 bits per heavy atom. The molecule has 1 aromatic rings. The SMILES string of the molecule is C=C1CCC(N2C(=O)c3ccc(N4CCC(CC)CC4)cc3C2=O)C(=O)N1. The molecule has 6 heteroatoms. The second-order valence-electron chi connectivity index (χ2n) is 7.70. The summed E-state index contributed by atoms with van der Waals surface area (Å²) in [5, 5.41) is 2.66. The van der Waals surface area contributed by atoms with Gasteiger partial charge in [-0.15, -0.1) is 0 Å². The Morgan fingerprint density at radius 1 is 1.07 bits per heavy atom. The number of anilines is 1. The van der Waals surface area contributed by atoms with Crippen LogP contribution in [0, 0.1) is 5.92 Å². The zero-order valence-corrected chi connectivity index (χ0v) is 15.7. The van der Waals surface area contributed by atoms with Gasteiger partial charge in [0.05, 0.1) is 11.1 Å². The number of imide groups is 1. The number of carbonyl (C=O) groups is 3. The van der Waals surface area contributed by atoms with Crippen LogP contribution >= 0.6 is 0 Å². The van der Waals surface area contributed by atoms with Crippen molar-refractivity contribution >= 4 is 23.4 Å². The normalized spacial score (nSPS) is 23.7. The minimum Gasteiger partial charge on any atom is -0.371 e. The number of fused-ring (bicyclic) bond motifs is 1. The zero-order chi connectivity index (χ0) is 19.1. The molecule has 27 heavy (non-hydrogen) atoms. The van der Waals surface area contributed by atoms with E-state index in [0.29, 0.717) is 29.7 Å². The lowest BCUT2D eigenvalue weighted by Crippen LogP contribution is -2.51. The van der Waals surface area contributed by atoms with E-state index in [1.54, 1.807) is 6.07 Å². The van der Waals surface area contributed by atoms with E-state index >= 15 is 0 Å². The van der Waals surface area contributed by atoms with E-state index in [-0.39, 0.29) is 17.7 Å². The summed E-state index contributed by atoms with van der Waals surface area (Å²) in [4.78, 5) is 41.4. The summed E-state index contributed by atoms with van der Waals surface area (Å²) in [7, 11) is 0. The lowest BCUT2D eigenvalue weighted by molar-refractivity contribution is -0.125. The Balaban J connectivity index is 1.57. The standard InChI is InChI=1S/C21H25N3O3/c1-3-14-8-10-23(11-9-14)15-5-6-16-17(12-15)21(27)24(20(16)26)18-7-4-13(2)22-19(18)25/h5-6,12,14,18H,2-4,7-11H2,1H3,(H,22,25). The Kier molecular flexibility index (Phi) is 4.50. The van der Waals surface area contributed by atoms with Crippen molar-refractivity contribution in [2.24, 2.45) is 5.92 Å². The Hall–Kier alpha value is -2.63. The Bertz CT molecular complexity index is 824. The van der Waals surface area contributed by atoms with Crippen LogP contribution in [0.2, 0.25) is 0 Å². The summed E-state index contributed by atoms with van der Waals surface area (Å²) in [5.41, 5.74) is 2.41. The van der Waals surface area contributed by atoms with Gasteiger partial charge in [0.25, 0.3) is 11.8 Å². The quantitative estimate of drug-likeness (QED) is 0.834. The molecule has 0 radical (unpaired) electrons. The third kappa shape index (κ3) is 3.03. The van der Waals surface area contributed by atoms with Crippen LogP contribution in [0.25, 0.3) is 0 Å². The van der Waals surface area contributed by atoms with Gasteiger partial charge in [0, 0.05) is 24.5 Å². The molecule has 1 unspecified atom stereocenters. The molecule has 3 heterocycles. The summed E-state index contributed by atoms with van der Waals surface area (Å²) in [6, 6.07) is 4.72. The molecular weight excluding hydrogens is 342 g/mol. The third-order valence-electron chi connectivity index (χ3n) is 6.09. The highest BCUT2D eigenvalue weighted by Gasteiger charge is 2.44. The van der Waals surface area contributed by atoms with Crippen LogP contribution in [0.15, 0.2) is 30.5 Å². The first-order valence-corrected chi connectivity index (χ1v) is 9.75. The number of allylic oxidation sites excluding steroid dienone is 1. The number of benzene rings is 1. The van der Waals surface area contributed by atoms with Crippen molar-refractivity contribution in [2.75, 3.05) is 18.0 Å². The van der Waals surface area contributed by atoms with Gasteiger partial charge in [0.15, 0.2) is 0 Å². The molecule has 142 valence electrons. The van der Waals surface area contributed by atoms with Crippen LogP contribution < -0.4 is 10.2 Å². The molecule has 0 bridgehead atoms. The highest BCUT2D eigenvalue weighted by Crippen LogP contribution is 2.32. The summed E-state index contributed by atoms with van der Waals surface area (Å²) >= 11 is 0. The van der Waals surface area contributed by atoms with Crippen LogP contribution in [0.5, 0.6) is 0 Å². The number of carbonyl (C=O) groups excluding carboxylic acids is 3. The molecule has 1 N–H and O–H groups in total. The molecule has 1 atom stereocenters. The molecule has 3 aliphatic rings. The average Bonchev–Trinajstić information content (AvgIpc) is 2.92. The number of amides is 3. The van der Waals surface area contributed by atoms with E-state index in [0.717, 1.165) is 42.4 Å². The number of nitrogens with zero attached hydrogens (tertiary/aromatic N) is 2. The first-order valence-electron chi connectivity index (χ1n) is 9.75. The molecule has 3 amide bonds. The maximum Gasteiger partial charge on any atom is 0.262 e. The summed E-state index contributed by atoms with van der Waals surface area (Å²) in [5.74, 6) is -0.302. The molecule has 2 fully saturated rings. The van der Waals surface area contributed by atoms with Crippen LogP contribution in [-0.4, -0.2) is 41.8 Å². The number of rotatable bonds is 3. The molecule has 0 aliphatic carbocycles. The lowest BCUT2D eigenvalue weighted by Gasteiger charge is -2.33. The second-order valence-corrected chi connectivity index (χ2v) is 7.70. The van der Waals surface area contributed by atoms with Crippen molar-refractivity contribution in [1.29, 1.82) is 0 Å². The van der Waals surface area contributed by atoms with Crippen molar-refractivity contribution in [3.8, 4) is 0 Å². The highest BCUT2D eigenvalue weighted by atomic mass is 16.2. The van der Waals surface area contributed by atoms with E-state index in [4.69, 9.17) is 0 Å². The number of nitrogens with one attached hydrogen (secondary N) is 1. The summed E-state index contributed by atoms with van der Waals surface area (Å²) in [6.07, 6.45) is 4.50. The number of piperidine rings is 2. The van der Waals surface area contributed by atoms with Crippen LogP contribution in [0.3, 0.4) is 0 Å². The second kappa shape index (κ2) is 6.83. The minimum absolute atomic E-state index is 0.331. The van der Waals surface area contributed by atoms with Gasteiger partial charge in [-0.2, -0.15) is 0 Å². The molecule has 0 aromatic heterocycles. The summed E-state index contributed by atoms with van der Waals surface area (Å²) < 4.78 is 0. The molecule has 3 aliphatic heterocycles. The first kappa shape index (κ1) is 17.8. The van der Waals surface area contributed by atoms with Crippen molar-refractivity contribution < 1.29 is 14.4 Å². The predicted octanol–water partition coefficient (Wildman–Crippen LogP) is 2.70. The van der Waals surface area contributed by atoms with E-state index in [9.17, 15) is 14.4 Å². The molecule has 6 nitrogen and oxygen atoms in total. The van der Waals surface area contributed by atoms with E-state index in [1.807, 2.05) is 12.1 Å². The highest BCUT2D eigenvalue weighted by molar-refractivity contribution is 6.23. The van der Waals surface area contributed by atoms with Crippen molar-refractivity contribution in [3.63, 3.8) is 0 Å². The first-order chi connectivity index (χ1) is 13.0. The van der Waals surface area contributed by atoms with E-state index in [1.165, 1.54) is 6.42 Å². The van der Waals surface area contributed by atoms with Gasteiger partial charge in [0.2, 0.25) is 5.91 Å². The van der Waals surface area contributed by atoms with Gasteiger partial charge in [-0.05, 0) is 49.8 Å². The predicted molar refractivity (Wildman–Crippen MR) is 102 cm³/mol. The van der Waals surface area contributed by atoms with Crippen molar-refractivity contribution in [1.82, 2.24) is 10.2 Å². The monoisotopic (exact) mass is 367 g/mol. The van der Waals surface area contributed by atoms with Crippen LogP contribution in [0.4, 0.5) is 5.69 Å². The molecule has 2 saturated heterocycles. The largest absolute Gasteiger partial charge is 0.371 e. The van der Waals surface area contributed by atoms with Crippen molar-refractivity contribution in [2.45, 2.75) is 45.1 Å². The van der Waals surface area contributed by atoms with Gasteiger partial charge in [-0.1, -0.05) is 19.9 Å². The fourth-order valence-electron chi connectivity index (χ4n) is 4.34. The Morgan fingerprint density at radius 2 is 1.78 bits per heavy atom. The fraction of sp³-hybridized carbons (Fsp3) is 0.476. The molecule has 1 aromatic carbocycles. The van der Waals surface area contributed by atoms with Gasteiger partial charge < -0.3 is 10.2 Å². The number of hydrogen-bond donors (Lipinski definition) is 1. The molecule has 0 spiro atoms. The number of hydrogen-bond acceptors (Lipinski definition) is 4. The van der Waals surface area contributed by atoms with Crippen LogP contribution in [0.1, 0.15) is 59.7 Å². The lowest BCUT2D eigenvalue weighted by atomic mass is 9.94. The maximum atomic E-state index is 13.0. The van der Waals surface area contributed by atoms with Gasteiger partial charge in [0.1, 0.15) is 6.04 Å². The molecule has 0 saturated carbocycles. The van der Waals surface area contributed by atoms with Gasteiger partial charge in [-0.3, -0.25) is 19.3 Å². The van der Waals surface area contributed by atoms with Crippen molar-refractivity contribution in [3.05, 3.63) is 41.6 Å².